The number of pyridine rings is 2. The highest BCUT2D eigenvalue weighted by molar-refractivity contribution is 5.96. The van der Waals surface area contributed by atoms with Crippen LogP contribution in [-0.2, 0) is 13.5 Å². The van der Waals surface area contributed by atoms with Crippen molar-refractivity contribution in [2.75, 3.05) is 14.2 Å². The van der Waals surface area contributed by atoms with E-state index in [2.05, 4.69) is 18.8 Å². The number of fused-ring (bicyclic) bond motifs is 1. The van der Waals surface area contributed by atoms with Gasteiger partial charge in [0.05, 0.1) is 19.6 Å². The van der Waals surface area contributed by atoms with Crippen molar-refractivity contribution in [2.45, 2.75) is 20.3 Å². The number of aromatic nitrogens is 2. The summed E-state index contributed by atoms with van der Waals surface area (Å²) in [6.07, 6.45) is 6.08. The second kappa shape index (κ2) is 7.20. The Labute approximate surface area is 153 Å². The average Bonchev–Trinajstić information content (AvgIpc) is 2.64. The fourth-order valence-electron chi connectivity index (χ4n) is 3.31. The Balaban J connectivity index is 2.41. The van der Waals surface area contributed by atoms with Gasteiger partial charge in [-0.25, -0.2) is 0 Å². The summed E-state index contributed by atoms with van der Waals surface area (Å²) in [5, 5.41) is 1.48. The van der Waals surface area contributed by atoms with Crippen LogP contribution in [0.3, 0.4) is 0 Å². The molecule has 0 spiro atoms. The molecule has 0 saturated carbocycles. The van der Waals surface area contributed by atoms with E-state index in [-0.39, 0.29) is 5.56 Å². The monoisotopic (exact) mass is 352 g/mol. The van der Waals surface area contributed by atoms with Crippen LogP contribution in [0.1, 0.15) is 19.4 Å². The van der Waals surface area contributed by atoms with Crippen LogP contribution in [0.15, 0.2) is 41.6 Å². The lowest BCUT2D eigenvalue weighted by Crippen LogP contribution is -2.17. The third-order valence-corrected chi connectivity index (χ3v) is 4.53. The lowest BCUT2D eigenvalue weighted by molar-refractivity contribution is 0.389. The van der Waals surface area contributed by atoms with Crippen molar-refractivity contribution in [3.8, 4) is 22.6 Å². The van der Waals surface area contributed by atoms with E-state index in [1.807, 2.05) is 24.4 Å². The average molecular weight is 352 g/mol. The molecule has 0 N–H and O–H groups in total. The van der Waals surface area contributed by atoms with Gasteiger partial charge in [0.2, 0.25) is 0 Å². The SMILES string of the molecule is COc1cc(OC)c(CC(C)C)c(-c2cn(C)c(=O)c3cnccc23)c1. The van der Waals surface area contributed by atoms with E-state index >= 15 is 0 Å². The van der Waals surface area contributed by atoms with Gasteiger partial charge in [-0.2, -0.15) is 0 Å². The molecule has 0 radical (unpaired) electrons. The molecule has 0 atom stereocenters. The minimum absolute atomic E-state index is 0.0582. The molecule has 26 heavy (non-hydrogen) atoms. The Bertz CT molecular complexity index is 1010. The number of hydrogen-bond acceptors (Lipinski definition) is 4. The first-order chi connectivity index (χ1) is 12.5. The number of benzene rings is 1. The van der Waals surface area contributed by atoms with E-state index in [9.17, 15) is 4.79 Å². The Morgan fingerprint density at radius 1 is 1.12 bits per heavy atom. The Kier molecular flexibility index (Phi) is 4.98. The van der Waals surface area contributed by atoms with Gasteiger partial charge in [0.1, 0.15) is 11.5 Å². The summed E-state index contributed by atoms with van der Waals surface area (Å²) in [5.41, 5.74) is 3.04. The van der Waals surface area contributed by atoms with Crippen LogP contribution >= 0.6 is 0 Å². The van der Waals surface area contributed by atoms with Gasteiger partial charge >= 0.3 is 0 Å². The fraction of sp³-hybridized carbons (Fsp3) is 0.333. The first-order valence-electron chi connectivity index (χ1n) is 8.64. The molecule has 0 saturated heterocycles. The van der Waals surface area contributed by atoms with E-state index in [0.717, 1.165) is 40.0 Å². The van der Waals surface area contributed by atoms with E-state index in [4.69, 9.17) is 9.47 Å². The molecule has 3 rings (SSSR count). The predicted molar refractivity (Wildman–Crippen MR) is 104 cm³/mol. The quantitative estimate of drug-likeness (QED) is 0.700. The smallest absolute Gasteiger partial charge is 0.259 e. The molecule has 0 unspecified atom stereocenters. The van der Waals surface area contributed by atoms with Crippen LogP contribution in [0, 0.1) is 5.92 Å². The largest absolute Gasteiger partial charge is 0.497 e. The second-order valence-corrected chi connectivity index (χ2v) is 6.83. The van der Waals surface area contributed by atoms with E-state index in [1.54, 1.807) is 38.2 Å². The number of nitrogens with zero attached hydrogens (tertiary/aromatic N) is 2. The summed E-state index contributed by atoms with van der Waals surface area (Å²) in [6, 6.07) is 5.81. The highest BCUT2D eigenvalue weighted by Crippen LogP contribution is 2.38. The highest BCUT2D eigenvalue weighted by atomic mass is 16.5. The van der Waals surface area contributed by atoms with Crippen LogP contribution in [0.5, 0.6) is 11.5 Å². The van der Waals surface area contributed by atoms with E-state index in [0.29, 0.717) is 11.3 Å². The zero-order valence-electron chi connectivity index (χ0n) is 15.9. The highest BCUT2D eigenvalue weighted by Gasteiger charge is 2.18. The van der Waals surface area contributed by atoms with Gasteiger partial charge in [-0.15, -0.1) is 0 Å². The minimum Gasteiger partial charge on any atom is -0.497 e. The molecule has 1 aromatic carbocycles. The maximum absolute atomic E-state index is 12.5. The summed E-state index contributed by atoms with van der Waals surface area (Å²) >= 11 is 0. The minimum atomic E-state index is -0.0582. The molecule has 5 nitrogen and oxygen atoms in total. The maximum Gasteiger partial charge on any atom is 0.259 e. The molecule has 0 bridgehead atoms. The Morgan fingerprint density at radius 2 is 1.88 bits per heavy atom. The van der Waals surface area contributed by atoms with Gasteiger partial charge in [-0.3, -0.25) is 9.78 Å². The van der Waals surface area contributed by atoms with Crippen molar-refractivity contribution in [2.24, 2.45) is 13.0 Å². The molecule has 5 heteroatoms. The first-order valence-corrected chi connectivity index (χ1v) is 8.64. The summed E-state index contributed by atoms with van der Waals surface area (Å²) < 4.78 is 12.7. The Hall–Kier alpha value is -2.82. The van der Waals surface area contributed by atoms with Crippen molar-refractivity contribution < 1.29 is 9.47 Å². The topological polar surface area (TPSA) is 53.4 Å². The summed E-state index contributed by atoms with van der Waals surface area (Å²) in [7, 11) is 5.08. The van der Waals surface area contributed by atoms with E-state index < -0.39 is 0 Å². The van der Waals surface area contributed by atoms with Crippen LogP contribution < -0.4 is 15.0 Å². The summed E-state index contributed by atoms with van der Waals surface area (Å²) in [6.45, 7) is 4.35. The molecule has 2 aromatic heterocycles. The molecule has 0 aliphatic heterocycles. The van der Waals surface area contributed by atoms with Crippen LogP contribution in [-0.4, -0.2) is 23.8 Å². The summed E-state index contributed by atoms with van der Waals surface area (Å²) in [5.74, 6) is 1.97. The third-order valence-electron chi connectivity index (χ3n) is 4.53. The van der Waals surface area contributed by atoms with Gasteiger partial charge < -0.3 is 14.0 Å². The molecule has 136 valence electrons. The van der Waals surface area contributed by atoms with Gasteiger partial charge in [0.25, 0.3) is 5.56 Å². The van der Waals surface area contributed by atoms with Crippen molar-refractivity contribution in [1.82, 2.24) is 9.55 Å². The van der Waals surface area contributed by atoms with Crippen LogP contribution in [0.2, 0.25) is 0 Å². The van der Waals surface area contributed by atoms with Crippen LogP contribution in [0.4, 0.5) is 0 Å². The zero-order chi connectivity index (χ0) is 18.8. The molecule has 0 aliphatic rings. The fourth-order valence-corrected chi connectivity index (χ4v) is 3.31. The third kappa shape index (κ3) is 3.17. The van der Waals surface area contributed by atoms with Crippen molar-refractivity contribution >= 4 is 10.8 Å². The lowest BCUT2D eigenvalue weighted by Gasteiger charge is -2.19. The van der Waals surface area contributed by atoms with Gasteiger partial charge in [-0.05, 0) is 35.4 Å². The van der Waals surface area contributed by atoms with Crippen molar-refractivity contribution in [3.63, 3.8) is 0 Å². The number of ether oxygens (including phenoxy) is 2. The standard InChI is InChI=1S/C21H24N2O3/c1-13(2)8-17-16(9-14(25-4)10-20(17)26-5)19-12-23(3)21(24)18-11-22-7-6-15(18)19/h6-7,9-13H,8H2,1-5H3. The number of rotatable bonds is 5. The number of methoxy groups -OCH3 is 2. The second-order valence-electron chi connectivity index (χ2n) is 6.83. The summed E-state index contributed by atoms with van der Waals surface area (Å²) in [4.78, 5) is 16.6. The van der Waals surface area contributed by atoms with Crippen molar-refractivity contribution in [3.05, 3.63) is 52.7 Å². The van der Waals surface area contributed by atoms with Crippen LogP contribution in [0.25, 0.3) is 21.9 Å². The van der Waals surface area contributed by atoms with Crippen molar-refractivity contribution in [1.29, 1.82) is 0 Å². The molecule has 3 aromatic rings. The first kappa shape index (κ1) is 18.0. The molecule has 0 fully saturated rings. The molecular formula is C21H24N2O3. The normalized spacial score (nSPS) is 11.2. The number of aryl methyl sites for hydroxylation is 1. The predicted octanol–water partition coefficient (Wildman–Crippen LogP) is 3.82. The molecule has 0 amide bonds. The zero-order valence-corrected chi connectivity index (χ0v) is 15.9. The van der Waals surface area contributed by atoms with Gasteiger partial charge in [0.15, 0.2) is 0 Å². The maximum atomic E-state index is 12.5. The molecule has 0 aliphatic carbocycles. The molecular weight excluding hydrogens is 328 g/mol. The van der Waals surface area contributed by atoms with Gasteiger partial charge in [0, 0.05) is 42.8 Å². The van der Waals surface area contributed by atoms with Gasteiger partial charge in [-0.1, -0.05) is 13.8 Å². The Morgan fingerprint density at radius 3 is 2.54 bits per heavy atom. The molecule has 2 heterocycles. The number of hydrogen-bond donors (Lipinski definition) is 0. The lowest BCUT2D eigenvalue weighted by atomic mass is 9.91. The van der Waals surface area contributed by atoms with E-state index in [1.165, 1.54) is 0 Å².